The number of fused-ring (bicyclic) bond motifs is 1. The smallest absolute Gasteiger partial charge is 0.270 e. The number of imidazole rings is 1. The average Bonchev–Trinajstić information content (AvgIpc) is 3.08. The van der Waals surface area contributed by atoms with Gasteiger partial charge in [0.15, 0.2) is 0 Å². The molecule has 6 heteroatoms. The van der Waals surface area contributed by atoms with Crippen molar-refractivity contribution in [1.82, 2.24) is 14.7 Å². The largest absolute Gasteiger partial charge is 0.497 e. The second kappa shape index (κ2) is 7.64. The number of carbonyl (C=O) groups excluding carboxylic acids is 1. The summed E-state index contributed by atoms with van der Waals surface area (Å²) < 4.78 is 12.7. The number of benzene rings is 1. The molecule has 0 radical (unpaired) electrons. The van der Waals surface area contributed by atoms with Crippen LogP contribution >= 0.6 is 0 Å². The molecule has 4 rings (SSSR count). The minimum atomic E-state index is -0.144. The standard InChI is InChI=1S/C22H25N3O3/c1-16-20(25-12-4-3-5-19(25)24-16)21(26)23-15-22(10-13-28-14-11-22)17-6-8-18(27-2)9-7-17/h3-9,12H,10-11,13-15H2,1-2H3,(H,23,26). The minimum Gasteiger partial charge on any atom is -0.497 e. The van der Waals surface area contributed by atoms with Gasteiger partial charge in [0.25, 0.3) is 5.91 Å². The maximum absolute atomic E-state index is 13.0. The molecule has 0 spiro atoms. The van der Waals surface area contributed by atoms with E-state index >= 15 is 0 Å². The summed E-state index contributed by atoms with van der Waals surface area (Å²) in [5.41, 5.74) is 3.16. The Morgan fingerprint density at radius 2 is 1.96 bits per heavy atom. The number of aryl methyl sites for hydroxylation is 1. The van der Waals surface area contributed by atoms with Gasteiger partial charge in [-0.1, -0.05) is 18.2 Å². The molecule has 2 aromatic heterocycles. The van der Waals surface area contributed by atoms with Gasteiger partial charge >= 0.3 is 0 Å². The van der Waals surface area contributed by atoms with E-state index in [1.165, 1.54) is 5.56 Å². The van der Waals surface area contributed by atoms with Crippen LogP contribution in [0.2, 0.25) is 0 Å². The zero-order chi connectivity index (χ0) is 19.6. The highest BCUT2D eigenvalue weighted by molar-refractivity contribution is 5.94. The van der Waals surface area contributed by atoms with Gasteiger partial charge in [-0.3, -0.25) is 9.20 Å². The van der Waals surface area contributed by atoms with Gasteiger partial charge in [0.2, 0.25) is 0 Å². The second-order valence-electron chi connectivity index (χ2n) is 7.28. The number of nitrogens with zero attached hydrogens (tertiary/aromatic N) is 2. The van der Waals surface area contributed by atoms with Crippen LogP contribution in [-0.2, 0) is 10.2 Å². The van der Waals surface area contributed by atoms with E-state index in [0.717, 1.165) is 29.9 Å². The molecule has 146 valence electrons. The van der Waals surface area contributed by atoms with Crippen LogP contribution in [0.5, 0.6) is 5.75 Å². The number of nitrogens with one attached hydrogen (secondary N) is 1. The van der Waals surface area contributed by atoms with E-state index in [0.29, 0.717) is 25.5 Å². The SMILES string of the molecule is COc1ccc(C2(CNC(=O)c3c(C)nc4ccccn34)CCOCC2)cc1. The van der Waals surface area contributed by atoms with Gasteiger partial charge in [0.05, 0.1) is 12.8 Å². The first kappa shape index (κ1) is 18.5. The van der Waals surface area contributed by atoms with Crippen LogP contribution in [0.1, 0.15) is 34.6 Å². The number of hydrogen-bond acceptors (Lipinski definition) is 4. The van der Waals surface area contributed by atoms with Crippen molar-refractivity contribution < 1.29 is 14.3 Å². The zero-order valence-electron chi connectivity index (χ0n) is 16.3. The number of ether oxygens (including phenoxy) is 2. The van der Waals surface area contributed by atoms with Gasteiger partial charge in [-0.25, -0.2) is 4.98 Å². The van der Waals surface area contributed by atoms with Crippen LogP contribution in [0.4, 0.5) is 0 Å². The highest BCUT2D eigenvalue weighted by Crippen LogP contribution is 2.35. The van der Waals surface area contributed by atoms with Gasteiger partial charge in [0, 0.05) is 31.4 Å². The highest BCUT2D eigenvalue weighted by atomic mass is 16.5. The molecule has 0 unspecified atom stereocenters. The van der Waals surface area contributed by atoms with E-state index in [-0.39, 0.29) is 11.3 Å². The van der Waals surface area contributed by atoms with Gasteiger partial charge in [-0.05, 0) is 49.6 Å². The molecule has 0 bridgehead atoms. The molecular formula is C22H25N3O3. The predicted octanol–water partition coefficient (Wildman–Crippen LogP) is 3.13. The van der Waals surface area contributed by atoms with E-state index < -0.39 is 0 Å². The Kier molecular flexibility index (Phi) is 5.05. The number of rotatable bonds is 5. The third-order valence-electron chi connectivity index (χ3n) is 5.66. The third kappa shape index (κ3) is 3.36. The quantitative estimate of drug-likeness (QED) is 0.740. The fraction of sp³-hybridized carbons (Fsp3) is 0.364. The fourth-order valence-electron chi connectivity index (χ4n) is 3.99. The van der Waals surface area contributed by atoms with Crippen LogP contribution in [0.25, 0.3) is 5.65 Å². The highest BCUT2D eigenvalue weighted by Gasteiger charge is 2.35. The molecular weight excluding hydrogens is 354 g/mol. The Morgan fingerprint density at radius 3 is 2.68 bits per heavy atom. The van der Waals surface area contributed by atoms with E-state index in [2.05, 4.69) is 22.4 Å². The van der Waals surface area contributed by atoms with Gasteiger partial charge < -0.3 is 14.8 Å². The Balaban J connectivity index is 1.59. The molecule has 0 aliphatic carbocycles. The Hall–Kier alpha value is -2.86. The first-order chi connectivity index (χ1) is 13.6. The lowest BCUT2D eigenvalue weighted by Gasteiger charge is -2.38. The maximum Gasteiger partial charge on any atom is 0.270 e. The summed E-state index contributed by atoms with van der Waals surface area (Å²) in [7, 11) is 1.66. The Morgan fingerprint density at radius 1 is 1.21 bits per heavy atom. The van der Waals surface area contributed by atoms with Crippen molar-refractivity contribution in [1.29, 1.82) is 0 Å². The van der Waals surface area contributed by atoms with Crippen molar-refractivity contribution in [3.8, 4) is 5.75 Å². The van der Waals surface area contributed by atoms with E-state index in [4.69, 9.17) is 9.47 Å². The van der Waals surface area contributed by atoms with Crippen molar-refractivity contribution in [3.05, 3.63) is 65.6 Å². The molecule has 0 atom stereocenters. The maximum atomic E-state index is 13.0. The molecule has 1 N–H and O–H groups in total. The second-order valence-corrected chi connectivity index (χ2v) is 7.28. The molecule has 3 heterocycles. The number of amides is 1. The Labute approximate surface area is 164 Å². The average molecular weight is 379 g/mol. The van der Waals surface area contributed by atoms with Crippen LogP contribution in [-0.4, -0.2) is 42.2 Å². The summed E-state index contributed by atoms with van der Waals surface area (Å²) in [6, 6.07) is 13.9. The fourth-order valence-corrected chi connectivity index (χ4v) is 3.99. The van der Waals surface area contributed by atoms with E-state index in [1.807, 2.05) is 47.9 Å². The van der Waals surface area contributed by atoms with Gasteiger partial charge in [-0.15, -0.1) is 0 Å². The Bertz CT molecular complexity index is 972. The van der Waals surface area contributed by atoms with E-state index in [1.54, 1.807) is 7.11 Å². The van der Waals surface area contributed by atoms with Crippen molar-refractivity contribution in [2.24, 2.45) is 0 Å². The lowest BCUT2D eigenvalue weighted by atomic mass is 9.74. The monoisotopic (exact) mass is 379 g/mol. The van der Waals surface area contributed by atoms with Crippen LogP contribution in [0.3, 0.4) is 0 Å². The summed E-state index contributed by atoms with van der Waals surface area (Å²) >= 11 is 0. The summed E-state index contributed by atoms with van der Waals surface area (Å²) in [6.45, 7) is 3.81. The first-order valence-corrected chi connectivity index (χ1v) is 9.57. The van der Waals surface area contributed by atoms with Gasteiger partial charge in [-0.2, -0.15) is 0 Å². The normalized spacial score (nSPS) is 16.1. The molecule has 1 amide bonds. The molecule has 1 saturated heterocycles. The number of carbonyl (C=O) groups is 1. The van der Waals surface area contributed by atoms with Crippen LogP contribution in [0.15, 0.2) is 48.7 Å². The molecule has 6 nitrogen and oxygen atoms in total. The molecule has 1 aliphatic rings. The summed E-state index contributed by atoms with van der Waals surface area (Å²) in [5.74, 6) is 0.729. The lowest BCUT2D eigenvalue weighted by Crippen LogP contribution is -2.44. The number of pyridine rings is 1. The van der Waals surface area contributed by atoms with Crippen molar-refractivity contribution >= 4 is 11.6 Å². The van der Waals surface area contributed by atoms with Crippen LogP contribution in [0, 0.1) is 6.92 Å². The summed E-state index contributed by atoms with van der Waals surface area (Å²) in [6.07, 6.45) is 3.61. The van der Waals surface area contributed by atoms with Crippen molar-refractivity contribution in [3.63, 3.8) is 0 Å². The first-order valence-electron chi connectivity index (χ1n) is 9.57. The van der Waals surface area contributed by atoms with E-state index in [9.17, 15) is 4.79 Å². The molecule has 1 aromatic carbocycles. The summed E-state index contributed by atoms with van der Waals surface area (Å²) in [4.78, 5) is 17.5. The number of hydrogen-bond donors (Lipinski definition) is 1. The minimum absolute atomic E-state index is 0.101. The topological polar surface area (TPSA) is 64.9 Å². The summed E-state index contributed by atoms with van der Waals surface area (Å²) in [5, 5.41) is 3.17. The molecule has 28 heavy (non-hydrogen) atoms. The van der Waals surface area contributed by atoms with Crippen LogP contribution < -0.4 is 10.1 Å². The number of methoxy groups -OCH3 is 1. The zero-order valence-corrected chi connectivity index (χ0v) is 16.3. The number of aromatic nitrogens is 2. The molecule has 1 aliphatic heterocycles. The molecule has 1 fully saturated rings. The lowest BCUT2D eigenvalue weighted by molar-refractivity contribution is 0.0486. The van der Waals surface area contributed by atoms with Crippen molar-refractivity contribution in [2.75, 3.05) is 26.9 Å². The van der Waals surface area contributed by atoms with Gasteiger partial charge in [0.1, 0.15) is 17.1 Å². The van der Waals surface area contributed by atoms with Crippen molar-refractivity contribution in [2.45, 2.75) is 25.2 Å². The predicted molar refractivity (Wildman–Crippen MR) is 107 cm³/mol. The third-order valence-corrected chi connectivity index (χ3v) is 5.66. The molecule has 0 saturated carbocycles. The molecule has 3 aromatic rings.